The largest absolute Gasteiger partial charge is 0.359 e. The number of para-hydroxylation sites is 1. The Hall–Kier alpha value is -3.39. The number of aromatic nitrogens is 1. The number of aromatic amines is 1. The summed E-state index contributed by atoms with van der Waals surface area (Å²) in [6.45, 7) is -0.458. The second-order valence-electron chi connectivity index (χ2n) is 5.75. The fourth-order valence-corrected chi connectivity index (χ4v) is 2.97. The van der Waals surface area contributed by atoms with E-state index in [-0.39, 0.29) is 19.5 Å². The summed E-state index contributed by atoms with van der Waals surface area (Å²) in [5.41, 5.74) is 1.27. The van der Waals surface area contributed by atoms with Crippen LogP contribution in [-0.2, 0) is 4.79 Å². The molecule has 8 heteroatoms. The van der Waals surface area contributed by atoms with Crippen molar-refractivity contribution in [2.75, 3.05) is 13.1 Å². The Morgan fingerprint density at radius 1 is 1.40 bits per heavy atom. The zero-order valence-electron chi connectivity index (χ0n) is 13.1. The second-order valence-corrected chi connectivity index (χ2v) is 5.75. The molecule has 2 heterocycles. The summed E-state index contributed by atoms with van der Waals surface area (Å²) in [6.07, 6.45) is 0.245. The van der Waals surface area contributed by atoms with E-state index in [1.807, 2.05) is 12.1 Å². The molecule has 2 aromatic rings. The predicted octanol–water partition coefficient (Wildman–Crippen LogP) is 1.23. The lowest BCUT2D eigenvalue weighted by atomic mass is 10.1. The number of benzene rings is 1. The molecule has 1 fully saturated rings. The van der Waals surface area contributed by atoms with E-state index in [4.69, 9.17) is 10.5 Å². The third-order valence-corrected chi connectivity index (χ3v) is 4.20. The highest BCUT2D eigenvalue weighted by molar-refractivity contribution is 6.08. The van der Waals surface area contributed by atoms with E-state index < -0.39 is 24.0 Å². The van der Waals surface area contributed by atoms with Gasteiger partial charge in [0.05, 0.1) is 35.8 Å². The number of likely N-dealkylation sites (tertiary alicyclic amines) is 1. The molecule has 1 aliphatic heterocycles. The summed E-state index contributed by atoms with van der Waals surface area (Å²) >= 11 is 0. The molecule has 1 unspecified atom stereocenters. The highest BCUT2D eigenvalue weighted by Crippen LogP contribution is 2.22. The van der Waals surface area contributed by atoms with Crippen molar-refractivity contribution in [2.45, 2.75) is 18.6 Å². The summed E-state index contributed by atoms with van der Waals surface area (Å²) in [5.74, 6) is -0.989. The van der Waals surface area contributed by atoms with Crippen molar-refractivity contribution in [3.63, 3.8) is 0 Å². The number of hydrogen-bond donors (Lipinski definition) is 2. The van der Waals surface area contributed by atoms with Gasteiger partial charge in [0.2, 0.25) is 5.91 Å². The molecule has 1 aromatic heterocycles. The minimum absolute atomic E-state index is 0.00439. The van der Waals surface area contributed by atoms with Crippen LogP contribution in [0.25, 0.3) is 10.9 Å². The van der Waals surface area contributed by atoms with Crippen LogP contribution in [0.2, 0.25) is 0 Å². The lowest BCUT2D eigenvalue weighted by Crippen LogP contribution is -2.42. The number of nitrogens with zero attached hydrogens (tertiary/aromatic N) is 3. The van der Waals surface area contributed by atoms with Gasteiger partial charge in [-0.1, -0.05) is 12.1 Å². The molecule has 1 aromatic carbocycles. The van der Waals surface area contributed by atoms with Crippen LogP contribution in [0, 0.1) is 22.7 Å². The van der Waals surface area contributed by atoms with Crippen molar-refractivity contribution < 1.29 is 14.0 Å². The van der Waals surface area contributed by atoms with E-state index >= 15 is 0 Å². The van der Waals surface area contributed by atoms with Gasteiger partial charge in [0, 0.05) is 18.0 Å². The maximum atomic E-state index is 13.4. The van der Waals surface area contributed by atoms with Crippen LogP contribution in [-0.4, -0.2) is 47.0 Å². The number of H-pyrrole nitrogens is 1. The van der Waals surface area contributed by atoms with E-state index in [2.05, 4.69) is 10.3 Å². The van der Waals surface area contributed by atoms with E-state index in [0.717, 1.165) is 4.90 Å². The number of alkyl halides is 1. The molecule has 25 heavy (non-hydrogen) atoms. The lowest BCUT2D eigenvalue weighted by Gasteiger charge is -2.19. The molecular weight excluding hydrogens is 325 g/mol. The molecule has 0 aliphatic carbocycles. The fraction of sp³-hybridized carbons (Fsp3) is 0.294. The van der Waals surface area contributed by atoms with Gasteiger partial charge in [0.1, 0.15) is 18.3 Å². The van der Waals surface area contributed by atoms with Crippen LogP contribution < -0.4 is 5.32 Å². The quantitative estimate of drug-likeness (QED) is 0.875. The van der Waals surface area contributed by atoms with E-state index in [1.165, 1.54) is 6.20 Å². The maximum absolute atomic E-state index is 13.4. The predicted molar refractivity (Wildman–Crippen MR) is 86.0 cm³/mol. The molecular formula is C17H14FN5O2. The van der Waals surface area contributed by atoms with E-state index in [0.29, 0.717) is 22.0 Å². The molecule has 1 aliphatic rings. The standard InChI is InChI=1S/C17H14FN5O2/c18-11-4-12(6-20)23(9-11)15(24)8-22-17(25)14-7-21-16-10(5-19)2-1-3-13(14)16/h1-3,7,11-12,21H,4,8-9H2,(H,22,25)/t11?,12-/m0/s1. The monoisotopic (exact) mass is 339 g/mol. The van der Waals surface area contributed by atoms with Gasteiger partial charge in [-0.15, -0.1) is 0 Å². The Kier molecular flexibility index (Phi) is 4.36. The number of rotatable bonds is 3. The fourth-order valence-electron chi connectivity index (χ4n) is 2.97. The molecule has 2 amide bonds. The summed E-state index contributed by atoms with van der Waals surface area (Å²) in [7, 11) is 0. The molecule has 1 saturated heterocycles. The summed E-state index contributed by atoms with van der Waals surface area (Å²) in [6, 6.07) is 8.12. The van der Waals surface area contributed by atoms with Crippen molar-refractivity contribution in [1.82, 2.24) is 15.2 Å². The molecule has 126 valence electrons. The third-order valence-electron chi connectivity index (χ3n) is 4.20. The zero-order valence-corrected chi connectivity index (χ0v) is 13.1. The van der Waals surface area contributed by atoms with Crippen LogP contribution in [0.3, 0.4) is 0 Å². The number of hydrogen-bond acceptors (Lipinski definition) is 4. The Balaban J connectivity index is 1.71. The summed E-state index contributed by atoms with van der Waals surface area (Å²) in [4.78, 5) is 28.5. The first kappa shape index (κ1) is 16.5. The molecule has 0 spiro atoms. The third kappa shape index (κ3) is 3.02. The number of fused-ring (bicyclic) bond motifs is 1. The Morgan fingerprint density at radius 3 is 2.92 bits per heavy atom. The zero-order chi connectivity index (χ0) is 18.0. The molecule has 2 N–H and O–H groups in total. The smallest absolute Gasteiger partial charge is 0.253 e. The first-order valence-electron chi connectivity index (χ1n) is 7.66. The Morgan fingerprint density at radius 2 is 2.20 bits per heavy atom. The second kappa shape index (κ2) is 6.62. The van der Waals surface area contributed by atoms with Crippen molar-refractivity contribution in [2.24, 2.45) is 0 Å². The van der Waals surface area contributed by atoms with Crippen molar-refractivity contribution >= 4 is 22.7 Å². The van der Waals surface area contributed by atoms with Gasteiger partial charge in [-0.3, -0.25) is 9.59 Å². The number of nitriles is 2. The number of carbonyl (C=O) groups is 2. The lowest BCUT2D eigenvalue weighted by molar-refractivity contribution is -0.130. The van der Waals surface area contributed by atoms with Crippen LogP contribution >= 0.6 is 0 Å². The van der Waals surface area contributed by atoms with Gasteiger partial charge in [0.25, 0.3) is 5.91 Å². The van der Waals surface area contributed by atoms with Gasteiger partial charge < -0.3 is 15.2 Å². The topological polar surface area (TPSA) is 113 Å². The van der Waals surface area contributed by atoms with Gasteiger partial charge >= 0.3 is 0 Å². The highest BCUT2D eigenvalue weighted by atomic mass is 19.1. The van der Waals surface area contributed by atoms with Crippen molar-refractivity contribution in [3.8, 4) is 12.1 Å². The molecule has 2 atom stereocenters. The van der Waals surface area contributed by atoms with Crippen LogP contribution in [0.1, 0.15) is 22.3 Å². The van der Waals surface area contributed by atoms with Crippen molar-refractivity contribution in [3.05, 3.63) is 35.5 Å². The minimum Gasteiger partial charge on any atom is -0.359 e. The average molecular weight is 339 g/mol. The van der Waals surface area contributed by atoms with E-state index in [9.17, 15) is 14.0 Å². The van der Waals surface area contributed by atoms with Crippen molar-refractivity contribution in [1.29, 1.82) is 10.5 Å². The normalized spacial score (nSPS) is 19.4. The van der Waals surface area contributed by atoms with Crippen LogP contribution in [0.4, 0.5) is 4.39 Å². The number of nitrogens with one attached hydrogen (secondary N) is 2. The molecule has 7 nitrogen and oxygen atoms in total. The van der Waals surface area contributed by atoms with Crippen LogP contribution in [0.15, 0.2) is 24.4 Å². The van der Waals surface area contributed by atoms with E-state index in [1.54, 1.807) is 18.2 Å². The van der Waals surface area contributed by atoms with Crippen LogP contribution in [0.5, 0.6) is 0 Å². The van der Waals surface area contributed by atoms with Gasteiger partial charge in [-0.25, -0.2) is 4.39 Å². The summed E-state index contributed by atoms with van der Waals surface area (Å²) < 4.78 is 13.4. The average Bonchev–Trinajstić information content (AvgIpc) is 3.22. The van der Waals surface area contributed by atoms with Gasteiger partial charge in [-0.05, 0) is 6.07 Å². The number of halogens is 1. The molecule has 0 radical (unpaired) electrons. The number of carbonyl (C=O) groups excluding carboxylic acids is 2. The maximum Gasteiger partial charge on any atom is 0.253 e. The minimum atomic E-state index is -1.22. The Labute approximate surface area is 142 Å². The van der Waals surface area contributed by atoms with Gasteiger partial charge in [-0.2, -0.15) is 10.5 Å². The SMILES string of the molecule is N#Cc1cccc2c(C(=O)NCC(=O)N3CC(F)C[C@H]3C#N)c[nH]c12. The first-order valence-corrected chi connectivity index (χ1v) is 7.66. The highest BCUT2D eigenvalue weighted by Gasteiger charge is 2.35. The summed E-state index contributed by atoms with van der Waals surface area (Å²) in [5, 5.41) is 21.1. The molecule has 3 rings (SSSR count). The first-order chi connectivity index (χ1) is 12.0. The molecule has 0 saturated carbocycles. The number of amides is 2. The Bertz CT molecular complexity index is 923. The van der Waals surface area contributed by atoms with Gasteiger partial charge in [0.15, 0.2) is 0 Å². The molecule has 0 bridgehead atoms.